The molecule has 0 fully saturated rings. The van der Waals surface area contributed by atoms with Gasteiger partial charge in [0.1, 0.15) is 5.75 Å². The molecule has 22 heavy (non-hydrogen) atoms. The van der Waals surface area contributed by atoms with Gasteiger partial charge in [-0.2, -0.15) is 5.10 Å². The highest BCUT2D eigenvalue weighted by atomic mass is 32.2. The third kappa shape index (κ3) is 2.86. The van der Waals surface area contributed by atoms with Gasteiger partial charge in [-0.25, -0.2) is 13.1 Å². The minimum Gasteiger partial charge on any atom is -0.496 e. The van der Waals surface area contributed by atoms with Gasteiger partial charge in [0.2, 0.25) is 10.0 Å². The van der Waals surface area contributed by atoms with Gasteiger partial charge in [-0.15, -0.1) is 0 Å². The summed E-state index contributed by atoms with van der Waals surface area (Å²) in [6, 6.07) is 6.71. The molecule has 0 saturated carbocycles. The average molecular weight is 321 g/mol. The molecule has 1 unspecified atom stereocenters. The Morgan fingerprint density at radius 2 is 2.18 bits per heavy atom. The monoisotopic (exact) mass is 321 g/mol. The Hall–Kier alpha value is -1.86. The van der Waals surface area contributed by atoms with Crippen molar-refractivity contribution in [2.45, 2.75) is 37.2 Å². The lowest BCUT2D eigenvalue weighted by molar-refractivity contribution is 0.410. The van der Waals surface area contributed by atoms with Gasteiger partial charge >= 0.3 is 0 Å². The Bertz CT molecular complexity index is 783. The van der Waals surface area contributed by atoms with Crippen molar-refractivity contribution in [3.05, 3.63) is 41.7 Å². The third-order valence-electron chi connectivity index (χ3n) is 3.95. The quantitative estimate of drug-likeness (QED) is 0.926. The zero-order valence-electron chi connectivity index (χ0n) is 12.6. The molecule has 0 aliphatic carbocycles. The van der Waals surface area contributed by atoms with E-state index in [0.29, 0.717) is 12.2 Å². The molecule has 0 saturated heterocycles. The van der Waals surface area contributed by atoms with E-state index >= 15 is 0 Å². The predicted octanol–water partition coefficient (Wildman–Crippen LogP) is 1.49. The molecule has 2 aromatic rings. The molecule has 1 atom stereocenters. The largest absolute Gasteiger partial charge is 0.496 e. The van der Waals surface area contributed by atoms with Gasteiger partial charge in [-0.1, -0.05) is 0 Å². The molecule has 0 amide bonds. The Morgan fingerprint density at radius 1 is 1.36 bits per heavy atom. The number of methoxy groups -OCH3 is 1. The van der Waals surface area contributed by atoms with Crippen molar-refractivity contribution < 1.29 is 13.2 Å². The van der Waals surface area contributed by atoms with E-state index in [0.717, 1.165) is 24.2 Å². The molecule has 1 aromatic heterocycles. The van der Waals surface area contributed by atoms with Crippen LogP contribution in [0.1, 0.15) is 17.7 Å². The van der Waals surface area contributed by atoms with E-state index in [1.807, 2.05) is 17.7 Å². The fourth-order valence-electron chi connectivity index (χ4n) is 2.77. The highest BCUT2D eigenvalue weighted by molar-refractivity contribution is 7.89. The third-order valence-corrected chi connectivity index (χ3v) is 5.47. The van der Waals surface area contributed by atoms with Crippen molar-refractivity contribution in [1.82, 2.24) is 14.5 Å². The van der Waals surface area contributed by atoms with Gasteiger partial charge in [0.05, 0.1) is 12.0 Å². The summed E-state index contributed by atoms with van der Waals surface area (Å²) in [6.07, 6.45) is 3.15. The van der Waals surface area contributed by atoms with Gasteiger partial charge < -0.3 is 4.74 Å². The van der Waals surface area contributed by atoms with E-state index < -0.39 is 10.0 Å². The van der Waals surface area contributed by atoms with Crippen LogP contribution in [0.25, 0.3) is 0 Å². The number of sulfonamides is 1. The van der Waals surface area contributed by atoms with Gasteiger partial charge in [-0.05, 0) is 43.2 Å². The number of ether oxygens (including phenoxy) is 1. The summed E-state index contributed by atoms with van der Waals surface area (Å²) in [5.41, 5.74) is 1.86. The van der Waals surface area contributed by atoms with E-state index in [4.69, 9.17) is 4.74 Å². The summed E-state index contributed by atoms with van der Waals surface area (Å²) in [4.78, 5) is 0.268. The maximum atomic E-state index is 12.5. The van der Waals surface area contributed by atoms with Crippen LogP contribution in [0, 0.1) is 6.92 Å². The molecule has 1 aliphatic heterocycles. The van der Waals surface area contributed by atoms with Gasteiger partial charge in [0, 0.05) is 30.9 Å². The maximum Gasteiger partial charge on any atom is 0.240 e. The fraction of sp³-hybridized carbons (Fsp3) is 0.400. The van der Waals surface area contributed by atoms with Crippen LogP contribution < -0.4 is 9.46 Å². The van der Waals surface area contributed by atoms with Crippen molar-refractivity contribution in [3.8, 4) is 5.75 Å². The Balaban J connectivity index is 1.78. The lowest BCUT2D eigenvalue weighted by Crippen LogP contribution is -2.40. The molecule has 2 heterocycles. The van der Waals surface area contributed by atoms with Crippen LogP contribution in [-0.4, -0.2) is 31.3 Å². The number of hydrogen-bond donors (Lipinski definition) is 1. The predicted molar refractivity (Wildman–Crippen MR) is 82.4 cm³/mol. The van der Waals surface area contributed by atoms with Crippen LogP contribution in [0.4, 0.5) is 0 Å². The van der Waals surface area contributed by atoms with Crippen molar-refractivity contribution in [1.29, 1.82) is 0 Å². The molecule has 0 bridgehead atoms. The summed E-state index contributed by atoms with van der Waals surface area (Å²) in [5.74, 6) is 0.681. The summed E-state index contributed by atoms with van der Waals surface area (Å²) in [5, 5.41) is 4.20. The highest BCUT2D eigenvalue weighted by Gasteiger charge is 2.25. The molecule has 1 N–H and O–H groups in total. The van der Waals surface area contributed by atoms with Crippen LogP contribution in [0.3, 0.4) is 0 Å². The number of nitrogens with one attached hydrogen (secondary N) is 1. The number of aryl methyl sites for hydroxylation is 2. The van der Waals surface area contributed by atoms with Gasteiger partial charge in [0.25, 0.3) is 0 Å². The number of rotatable bonds is 4. The second kappa shape index (κ2) is 5.73. The first-order chi connectivity index (χ1) is 10.5. The first-order valence-electron chi connectivity index (χ1n) is 7.17. The topological polar surface area (TPSA) is 73.2 Å². The Labute approximate surface area is 130 Å². The van der Waals surface area contributed by atoms with Gasteiger partial charge in [0.15, 0.2) is 0 Å². The van der Waals surface area contributed by atoms with Crippen molar-refractivity contribution in [3.63, 3.8) is 0 Å². The highest BCUT2D eigenvalue weighted by Crippen LogP contribution is 2.22. The number of fused-ring (bicyclic) bond motifs is 1. The molecule has 0 spiro atoms. The molecule has 6 nitrogen and oxygen atoms in total. The maximum absolute atomic E-state index is 12.5. The number of hydrogen-bond acceptors (Lipinski definition) is 4. The zero-order valence-corrected chi connectivity index (χ0v) is 13.4. The van der Waals surface area contributed by atoms with Crippen molar-refractivity contribution >= 4 is 10.0 Å². The first-order valence-corrected chi connectivity index (χ1v) is 8.65. The molecular weight excluding hydrogens is 302 g/mol. The second-order valence-electron chi connectivity index (χ2n) is 5.49. The Morgan fingerprint density at radius 3 is 2.91 bits per heavy atom. The van der Waals surface area contributed by atoms with Gasteiger partial charge in [-0.3, -0.25) is 4.68 Å². The number of aromatic nitrogens is 2. The van der Waals surface area contributed by atoms with Crippen LogP contribution in [0.2, 0.25) is 0 Å². The van der Waals surface area contributed by atoms with Crippen LogP contribution in [-0.2, 0) is 23.0 Å². The summed E-state index contributed by atoms with van der Waals surface area (Å²) < 4.78 is 34.9. The lowest BCUT2D eigenvalue weighted by Gasteiger charge is -2.24. The molecule has 7 heteroatoms. The number of benzene rings is 1. The SMILES string of the molecule is COc1ccc(S(=O)(=O)NC2CCn3nccc3C2)cc1C. The van der Waals surface area contributed by atoms with E-state index in [2.05, 4.69) is 9.82 Å². The molecule has 1 aromatic carbocycles. The lowest BCUT2D eigenvalue weighted by atomic mass is 10.1. The normalized spacial score (nSPS) is 18.0. The summed E-state index contributed by atoms with van der Waals surface area (Å²) in [7, 11) is -1.96. The molecule has 0 radical (unpaired) electrons. The van der Waals surface area contributed by atoms with Crippen molar-refractivity contribution in [2.24, 2.45) is 0 Å². The number of nitrogens with zero attached hydrogens (tertiary/aromatic N) is 2. The van der Waals surface area contributed by atoms with Crippen LogP contribution in [0.15, 0.2) is 35.4 Å². The molecule has 1 aliphatic rings. The standard InChI is InChI=1S/C15H19N3O3S/c1-11-9-14(3-4-15(11)21-2)22(19,20)17-12-6-8-18-13(10-12)5-7-16-18/h3-5,7,9,12,17H,6,8,10H2,1-2H3. The Kier molecular flexibility index (Phi) is 3.92. The summed E-state index contributed by atoms with van der Waals surface area (Å²) in [6.45, 7) is 2.56. The minimum absolute atomic E-state index is 0.100. The first kappa shape index (κ1) is 15.1. The van der Waals surface area contributed by atoms with Crippen LogP contribution >= 0.6 is 0 Å². The smallest absolute Gasteiger partial charge is 0.240 e. The molecule has 3 rings (SSSR count). The van der Waals surface area contributed by atoms with E-state index in [-0.39, 0.29) is 10.9 Å². The molecule has 118 valence electrons. The van der Waals surface area contributed by atoms with Crippen LogP contribution in [0.5, 0.6) is 5.75 Å². The van der Waals surface area contributed by atoms with E-state index in [1.165, 1.54) is 0 Å². The van der Waals surface area contributed by atoms with E-state index in [9.17, 15) is 8.42 Å². The zero-order chi connectivity index (χ0) is 15.7. The fourth-order valence-corrected chi connectivity index (χ4v) is 4.13. The average Bonchev–Trinajstić information content (AvgIpc) is 2.94. The van der Waals surface area contributed by atoms with E-state index in [1.54, 1.807) is 31.5 Å². The summed E-state index contributed by atoms with van der Waals surface area (Å²) >= 11 is 0. The molecular formula is C15H19N3O3S. The van der Waals surface area contributed by atoms with Crippen molar-refractivity contribution in [2.75, 3.05) is 7.11 Å². The minimum atomic E-state index is -3.53. The second-order valence-corrected chi connectivity index (χ2v) is 7.20.